The Morgan fingerprint density at radius 1 is 0.947 bits per heavy atom. The highest BCUT2D eigenvalue weighted by molar-refractivity contribution is 7.92. The molecular weight excluding hydrogens is 504 g/mol. The Labute approximate surface area is 223 Å². The van der Waals surface area contributed by atoms with E-state index in [1.54, 1.807) is 36.4 Å². The normalized spacial score (nSPS) is 11.2. The van der Waals surface area contributed by atoms with Crippen molar-refractivity contribution < 1.29 is 22.7 Å². The molecule has 2 N–H and O–H groups in total. The zero-order valence-electron chi connectivity index (χ0n) is 21.7. The van der Waals surface area contributed by atoms with Crippen LogP contribution in [0.1, 0.15) is 22.3 Å². The summed E-state index contributed by atoms with van der Waals surface area (Å²) in [5.41, 5.74) is 6.54. The van der Waals surface area contributed by atoms with Crippen molar-refractivity contribution in [2.45, 2.75) is 20.3 Å². The van der Waals surface area contributed by atoms with Gasteiger partial charge in [-0.2, -0.15) is 5.10 Å². The predicted molar refractivity (Wildman–Crippen MR) is 149 cm³/mol. The molecule has 0 radical (unpaired) electrons. The lowest BCUT2D eigenvalue weighted by Crippen LogP contribution is -2.39. The summed E-state index contributed by atoms with van der Waals surface area (Å²) >= 11 is 0. The second-order valence-electron chi connectivity index (χ2n) is 8.77. The summed E-state index contributed by atoms with van der Waals surface area (Å²) < 4.78 is 31.1. The molecule has 3 rings (SSSR count). The van der Waals surface area contributed by atoms with Gasteiger partial charge in [0.2, 0.25) is 10.0 Å². The molecule has 0 aliphatic rings. The molecule has 38 heavy (non-hydrogen) atoms. The van der Waals surface area contributed by atoms with E-state index in [4.69, 9.17) is 4.74 Å². The minimum Gasteiger partial charge on any atom is -0.484 e. The minimum absolute atomic E-state index is 0.102. The SMILES string of the molecule is Cc1ccc(N(CC(=O)N/N=C\c2ccc(OCC(=O)NCCc3ccccc3)cc2)S(C)(=O)=O)cc1C. The fourth-order valence-electron chi connectivity index (χ4n) is 3.47. The van der Waals surface area contributed by atoms with Gasteiger partial charge < -0.3 is 10.1 Å². The van der Waals surface area contributed by atoms with Crippen molar-refractivity contribution in [1.82, 2.24) is 10.7 Å². The molecule has 9 nitrogen and oxygen atoms in total. The first-order chi connectivity index (χ1) is 18.1. The van der Waals surface area contributed by atoms with Crippen molar-refractivity contribution in [3.05, 3.63) is 95.1 Å². The van der Waals surface area contributed by atoms with Crippen LogP contribution in [0.25, 0.3) is 0 Å². The van der Waals surface area contributed by atoms with E-state index in [0.717, 1.165) is 33.7 Å². The molecule has 0 atom stereocenters. The van der Waals surface area contributed by atoms with Gasteiger partial charge in [0.25, 0.3) is 11.8 Å². The number of hydrazone groups is 1. The van der Waals surface area contributed by atoms with Gasteiger partial charge in [-0.05, 0) is 78.9 Å². The third-order valence-electron chi connectivity index (χ3n) is 5.70. The van der Waals surface area contributed by atoms with E-state index in [2.05, 4.69) is 15.8 Å². The maximum Gasteiger partial charge on any atom is 0.260 e. The average molecular weight is 537 g/mol. The summed E-state index contributed by atoms with van der Waals surface area (Å²) in [5.74, 6) is -0.275. The van der Waals surface area contributed by atoms with Crippen LogP contribution in [0.5, 0.6) is 5.75 Å². The van der Waals surface area contributed by atoms with Crippen molar-refractivity contribution in [3.8, 4) is 5.75 Å². The highest BCUT2D eigenvalue weighted by Crippen LogP contribution is 2.21. The Morgan fingerprint density at radius 2 is 1.66 bits per heavy atom. The molecule has 3 aromatic carbocycles. The highest BCUT2D eigenvalue weighted by atomic mass is 32.2. The van der Waals surface area contributed by atoms with Crippen molar-refractivity contribution in [1.29, 1.82) is 0 Å². The summed E-state index contributed by atoms with van der Waals surface area (Å²) in [6, 6.07) is 21.9. The molecule has 0 saturated carbocycles. The molecule has 2 amide bonds. The lowest BCUT2D eigenvalue weighted by molar-refractivity contribution is -0.123. The monoisotopic (exact) mass is 536 g/mol. The molecule has 3 aromatic rings. The van der Waals surface area contributed by atoms with Gasteiger partial charge in [-0.1, -0.05) is 36.4 Å². The van der Waals surface area contributed by atoms with E-state index in [0.29, 0.717) is 23.5 Å². The maximum atomic E-state index is 12.4. The van der Waals surface area contributed by atoms with Crippen LogP contribution in [0.4, 0.5) is 5.69 Å². The standard InChI is InChI=1S/C28H32N4O5S/c1-21-9-12-25(17-22(21)2)32(38(3,35)36)19-27(33)31-30-18-24-10-13-26(14-11-24)37-20-28(34)29-16-15-23-7-5-4-6-8-23/h4-14,17-18H,15-16,19-20H2,1-3H3,(H,29,34)(H,31,33)/b30-18-. The summed E-state index contributed by atoms with van der Waals surface area (Å²) in [5, 5.41) is 6.74. The molecule has 0 aliphatic heterocycles. The lowest BCUT2D eigenvalue weighted by Gasteiger charge is -2.22. The zero-order valence-corrected chi connectivity index (χ0v) is 22.5. The van der Waals surface area contributed by atoms with Crippen LogP contribution in [0.2, 0.25) is 0 Å². The quantitative estimate of drug-likeness (QED) is 0.273. The van der Waals surface area contributed by atoms with Gasteiger partial charge >= 0.3 is 0 Å². The van der Waals surface area contributed by atoms with Crippen molar-refractivity contribution in [2.24, 2.45) is 5.10 Å². The fraction of sp³-hybridized carbons (Fsp3) is 0.250. The number of hydrogen-bond donors (Lipinski definition) is 2. The zero-order chi connectivity index (χ0) is 27.5. The molecule has 0 aliphatic carbocycles. The van der Waals surface area contributed by atoms with Crippen molar-refractivity contribution >= 4 is 33.7 Å². The topological polar surface area (TPSA) is 117 Å². The minimum atomic E-state index is -3.68. The second kappa shape index (κ2) is 13.4. The first kappa shape index (κ1) is 28.4. The number of anilines is 1. The van der Waals surface area contributed by atoms with Crippen molar-refractivity contribution in [3.63, 3.8) is 0 Å². The van der Waals surface area contributed by atoms with Gasteiger partial charge in [-0.3, -0.25) is 13.9 Å². The van der Waals surface area contributed by atoms with Gasteiger partial charge in [-0.15, -0.1) is 0 Å². The largest absolute Gasteiger partial charge is 0.484 e. The molecule has 0 spiro atoms. The van der Waals surface area contributed by atoms with Crippen LogP contribution < -0.4 is 19.8 Å². The Hall–Kier alpha value is -4.18. The van der Waals surface area contributed by atoms with Crippen LogP contribution in [0.3, 0.4) is 0 Å². The number of rotatable bonds is 12. The average Bonchev–Trinajstić information content (AvgIpc) is 2.88. The van der Waals surface area contributed by atoms with Gasteiger partial charge in [0.05, 0.1) is 18.2 Å². The first-order valence-electron chi connectivity index (χ1n) is 12.0. The van der Waals surface area contributed by atoms with Crippen molar-refractivity contribution in [2.75, 3.05) is 30.3 Å². The molecular formula is C28H32N4O5S. The number of carbonyl (C=O) groups excluding carboxylic acids is 2. The van der Waals surface area contributed by atoms with Crippen LogP contribution in [-0.4, -0.2) is 52.4 Å². The molecule has 0 bridgehead atoms. The Bertz CT molecular complexity index is 1370. The van der Waals surface area contributed by atoms with Gasteiger partial charge in [0.15, 0.2) is 6.61 Å². The Balaban J connectivity index is 1.45. The van der Waals surface area contributed by atoms with Crippen LogP contribution in [-0.2, 0) is 26.0 Å². The maximum absolute atomic E-state index is 12.4. The molecule has 200 valence electrons. The van der Waals surface area contributed by atoms with Gasteiger partial charge in [0, 0.05) is 6.54 Å². The molecule has 0 heterocycles. The third-order valence-corrected chi connectivity index (χ3v) is 6.84. The van der Waals surface area contributed by atoms with Gasteiger partial charge in [-0.25, -0.2) is 13.8 Å². The lowest BCUT2D eigenvalue weighted by atomic mass is 10.1. The van der Waals surface area contributed by atoms with E-state index < -0.39 is 22.5 Å². The Morgan fingerprint density at radius 3 is 2.32 bits per heavy atom. The number of aryl methyl sites for hydroxylation is 2. The molecule has 10 heteroatoms. The van der Waals surface area contributed by atoms with E-state index >= 15 is 0 Å². The first-order valence-corrected chi connectivity index (χ1v) is 13.9. The molecule has 0 unspecified atom stereocenters. The van der Waals surface area contributed by atoms with E-state index in [9.17, 15) is 18.0 Å². The third kappa shape index (κ3) is 9.04. The number of carbonyl (C=O) groups is 2. The van der Waals surface area contributed by atoms with Crippen LogP contribution in [0.15, 0.2) is 77.9 Å². The van der Waals surface area contributed by atoms with Crippen LogP contribution in [0, 0.1) is 13.8 Å². The Kier molecular flexibility index (Phi) is 10.0. The smallest absolute Gasteiger partial charge is 0.260 e. The summed E-state index contributed by atoms with van der Waals surface area (Å²) in [6.07, 6.45) is 3.23. The number of nitrogens with one attached hydrogen (secondary N) is 2. The summed E-state index contributed by atoms with van der Waals surface area (Å²) in [4.78, 5) is 24.4. The number of sulfonamides is 1. The number of benzene rings is 3. The molecule has 0 fully saturated rings. The predicted octanol–water partition coefficient (Wildman–Crippen LogP) is 2.96. The number of hydrogen-bond acceptors (Lipinski definition) is 6. The number of ether oxygens (including phenoxy) is 1. The number of nitrogens with zero attached hydrogens (tertiary/aromatic N) is 2. The number of amides is 2. The summed E-state index contributed by atoms with van der Waals surface area (Å²) in [7, 11) is -3.68. The molecule has 0 aromatic heterocycles. The van der Waals surface area contributed by atoms with Crippen LogP contribution >= 0.6 is 0 Å². The van der Waals surface area contributed by atoms with E-state index in [1.165, 1.54) is 6.21 Å². The summed E-state index contributed by atoms with van der Waals surface area (Å²) in [6.45, 7) is 3.82. The second-order valence-corrected chi connectivity index (χ2v) is 10.7. The molecule has 0 saturated heterocycles. The highest BCUT2D eigenvalue weighted by Gasteiger charge is 2.21. The van der Waals surface area contributed by atoms with Gasteiger partial charge in [0.1, 0.15) is 12.3 Å². The van der Waals surface area contributed by atoms with E-state index in [1.807, 2.05) is 50.2 Å². The van der Waals surface area contributed by atoms with E-state index in [-0.39, 0.29) is 12.5 Å². The fourth-order valence-corrected chi connectivity index (χ4v) is 4.31.